The van der Waals surface area contributed by atoms with Gasteiger partial charge in [0.25, 0.3) is 0 Å². The third-order valence-corrected chi connectivity index (χ3v) is 2.86. The highest BCUT2D eigenvalue weighted by atomic mass is 16.5. The Bertz CT molecular complexity index is 418. The summed E-state index contributed by atoms with van der Waals surface area (Å²) in [6.45, 7) is 3.43. The summed E-state index contributed by atoms with van der Waals surface area (Å²) in [5, 5.41) is 0. The maximum Gasteiger partial charge on any atom is 0.231 e. The molecule has 0 aliphatic carbocycles. The van der Waals surface area contributed by atoms with Crippen LogP contribution in [0.3, 0.4) is 0 Å². The molecule has 1 amide bonds. The van der Waals surface area contributed by atoms with E-state index in [4.69, 9.17) is 10.5 Å². The van der Waals surface area contributed by atoms with Crippen molar-refractivity contribution in [3.8, 4) is 5.88 Å². The number of anilines is 1. The van der Waals surface area contributed by atoms with Gasteiger partial charge in [0.1, 0.15) is 0 Å². The quantitative estimate of drug-likeness (QED) is 0.746. The fraction of sp³-hybridized carbons (Fsp3) is 0.545. The molecular formula is C11H17N5O2. The number of aromatic nitrogens is 2. The Labute approximate surface area is 106 Å². The molecule has 7 nitrogen and oxygen atoms in total. The van der Waals surface area contributed by atoms with E-state index in [-0.39, 0.29) is 5.91 Å². The first-order valence-corrected chi connectivity index (χ1v) is 5.81. The monoisotopic (exact) mass is 251 g/mol. The maximum absolute atomic E-state index is 10.8. The smallest absolute Gasteiger partial charge is 0.231 e. The lowest BCUT2D eigenvalue weighted by Gasteiger charge is -2.33. The van der Waals surface area contributed by atoms with Crippen molar-refractivity contribution < 1.29 is 9.53 Å². The van der Waals surface area contributed by atoms with E-state index in [0.717, 1.165) is 26.2 Å². The predicted octanol–water partition coefficient (Wildman–Crippen LogP) is -0.907. The Morgan fingerprint density at radius 3 is 2.78 bits per heavy atom. The minimum atomic E-state index is -0.291. The Morgan fingerprint density at radius 1 is 1.44 bits per heavy atom. The molecule has 0 spiro atoms. The minimum absolute atomic E-state index is 0.291. The van der Waals surface area contributed by atoms with Crippen molar-refractivity contribution >= 4 is 11.9 Å². The third kappa shape index (κ3) is 3.07. The molecule has 2 N–H and O–H groups in total. The lowest BCUT2D eigenvalue weighted by Crippen LogP contribution is -2.49. The molecule has 7 heteroatoms. The SMILES string of the molecule is COc1ccnc(N2CCN(CC(N)=O)CC2)n1. The Hall–Kier alpha value is -1.89. The van der Waals surface area contributed by atoms with Gasteiger partial charge in [0, 0.05) is 38.4 Å². The van der Waals surface area contributed by atoms with Gasteiger partial charge in [0.2, 0.25) is 17.7 Å². The normalized spacial score (nSPS) is 16.6. The van der Waals surface area contributed by atoms with Crippen LogP contribution in [0.25, 0.3) is 0 Å². The second kappa shape index (κ2) is 5.63. The molecule has 18 heavy (non-hydrogen) atoms. The summed E-state index contributed by atoms with van der Waals surface area (Å²) in [4.78, 5) is 23.4. The summed E-state index contributed by atoms with van der Waals surface area (Å²) in [5.41, 5.74) is 5.17. The molecule has 0 unspecified atom stereocenters. The van der Waals surface area contributed by atoms with Crippen LogP contribution in [-0.4, -0.2) is 60.6 Å². The number of amides is 1. The number of nitrogens with zero attached hydrogens (tertiary/aromatic N) is 4. The fourth-order valence-corrected chi connectivity index (χ4v) is 1.92. The predicted molar refractivity (Wildman–Crippen MR) is 66.4 cm³/mol. The van der Waals surface area contributed by atoms with E-state index in [1.165, 1.54) is 0 Å². The number of primary amides is 1. The van der Waals surface area contributed by atoms with E-state index in [1.807, 2.05) is 4.90 Å². The molecule has 98 valence electrons. The number of methoxy groups -OCH3 is 1. The highest BCUT2D eigenvalue weighted by Crippen LogP contribution is 2.14. The van der Waals surface area contributed by atoms with E-state index in [0.29, 0.717) is 18.4 Å². The first kappa shape index (κ1) is 12.6. The van der Waals surface area contributed by atoms with Crippen LogP contribution < -0.4 is 15.4 Å². The Morgan fingerprint density at radius 2 is 2.17 bits per heavy atom. The summed E-state index contributed by atoms with van der Waals surface area (Å²) < 4.78 is 5.07. The van der Waals surface area contributed by atoms with Crippen LogP contribution in [0.5, 0.6) is 5.88 Å². The van der Waals surface area contributed by atoms with Crippen molar-refractivity contribution in [1.82, 2.24) is 14.9 Å². The fourth-order valence-electron chi connectivity index (χ4n) is 1.92. The van der Waals surface area contributed by atoms with Crippen LogP contribution in [0.4, 0.5) is 5.95 Å². The molecule has 2 rings (SSSR count). The molecule has 2 heterocycles. The zero-order valence-corrected chi connectivity index (χ0v) is 10.4. The lowest BCUT2D eigenvalue weighted by atomic mass is 10.3. The van der Waals surface area contributed by atoms with Crippen LogP contribution >= 0.6 is 0 Å². The summed E-state index contributed by atoms with van der Waals surface area (Å²) in [6.07, 6.45) is 1.68. The molecule has 0 atom stereocenters. The first-order chi connectivity index (χ1) is 8.69. The molecule has 0 aromatic carbocycles. The van der Waals surface area contributed by atoms with Crippen LogP contribution in [0.2, 0.25) is 0 Å². The average Bonchev–Trinajstić information content (AvgIpc) is 2.39. The molecule has 1 aliphatic rings. The van der Waals surface area contributed by atoms with Crippen molar-refractivity contribution in [2.75, 3.05) is 44.7 Å². The van der Waals surface area contributed by atoms with Crippen LogP contribution in [0.1, 0.15) is 0 Å². The highest BCUT2D eigenvalue weighted by Gasteiger charge is 2.20. The van der Waals surface area contributed by atoms with E-state index in [2.05, 4.69) is 14.9 Å². The van der Waals surface area contributed by atoms with Gasteiger partial charge in [0.05, 0.1) is 13.7 Å². The number of carbonyl (C=O) groups excluding carboxylic acids is 1. The molecule has 1 aliphatic heterocycles. The summed E-state index contributed by atoms with van der Waals surface area (Å²) >= 11 is 0. The lowest BCUT2D eigenvalue weighted by molar-refractivity contribution is -0.119. The second-order valence-electron chi connectivity index (χ2n) is 4.13. The largest absolute Gasteiger partial charge is 0.481 e. The van der Waals surface area contributed by atoms with Crippen molar-refractivity contribution in [3.05, 3.63) is 12.3 Å². The Balaban J connectivity index is 1.94. The molecule has 1 aromatic rings. The van der Waals surface area contributed by atoms with Crippen LogP contribution in [0.15, 0.2) is 12.3 Å². The van der Waals surface area contributed by atoms with Gasteiger partial charge >= 0.3 is 0 Å². The van der Waals surface area contributed by atoms with E-state index in [1.54, 1.807) is 19.4 Å². The topological polar surface area (TPSA) is 84.6 Å². The van der Waals surface area contributed by atoms with E-state index in [9.17, 15) is 4.79 Å². The molecular weight excluding hydrogens is 234 g/mol. The van der Waals surface area contributed by atoms with E-state index < -0.39 is 0 Å². The molecule has 1 aromatic heterocycles. The number of hydrogen-bond donors (Lipinski definition) is 1. The molecule has 1 saturated heterocycles. The van der Waals surface area contributed by atoms with Crippen molar-refractivity contribution in [2.45, 2.75) is 0 Å². The van der Waals surface area contributed by atoms with Gasteiger partial charge in [-0.3, -0.25) is 9.69 Å². The van der Waals surface area contributed by atoms with Gasteiger partial charge < -0.3 is 15.4 Å². The number of hydrogen-bond acceptors (Lipinski definition) is 6. The number of nitrogens with two attached hydrogens (primary N) is 1. The number of ether oxygens (including phenoxy) is 1. The van der Waals surface area contributed by atoms with Gasteiger partial charge in [0.15, 0.2) is 0 Å². The molecule has 0 bridgehead atoms. The highest BCUT2D eigenvalue weighted by molar-refractivity contribution is 5.75. The summed E-state index contributed by atoms with van der Waals surface area (Å²) in [5.74, 6) is 0.925. The Kier molecular flexibility index (Phi) is 3.93. The number of carbonyl (C=O) groups is 1. The van der Waals surface area contributed by atoms with Gasteiger partial charge in [-0.2, -0.15) is 4.98 Å². The second-order valence-corrected chi connectivity index (χ2v) is 4.13. The summed E-state index contributed by atoms with van der Waals surface area (Å²) in [6, 6.07) is 1.72. The number of rotatable bonds is 4. The number of piperazine rings is 1. The molecule has 0 saturated carbocycles. The van der Waals surface area contributed by atoms with Crippen LogP contribution in [0, 0.1) is 0 Å². The molecule has 1 fully saturated rings. The van der Waals surface area contributed by atoms with Gasteiger partial charge in [-0.15, -0.1) is 0 Å². The van der Waals surface area contributed by atoms with Gasteiger partial charge in [-0.1, -0.05) is 0 Å². The minimum Gasteiger partial charge on any atom is -0.481 e. The zero-order chi connectivity index (χ0) is 13.0. The maximum atomic E-state index is 10.8. The third-order valence-electron chi connectivity index (χ3n) is 2.86. The van der Waals surface area contributed by atoms with Crippen molar-refractivity contribution in [2.24, 2.45) is 5.73 Å². The van der Waals surface area contributed by atoms with Crippen molar-refractivity contribution in [1.29, 1.82) is 0 Å². The standard InChI is InChI=1S/C11H17N5O2/c1-18-10-2-3-13-11(14-10)16-6-4-15(5-7-16)8-9(12)17/h2-3H,4-8H2,1H3,(H2,12,17). The molecule has 0 radical (unpaired) electrons. The van der Waals surface area contributed by atoms with Crippen molar-refractivity contribution in [3.63, 3.8) is 0 Å². The first-order valence-electron chi connectivity index (χ1n) is 5.81. The van der Waals surface area contributed by atoms with Gasteiger partial charge in [-0.05, 0) is 0 Å². The van der Waals surface area contributed by atoms with Gasteiger partial charge in [-0.25, -0.2) is 4.98 Å². The average molecular weight is 251 g/mol. The zero-order valence-electron chi connectivity index (χ0n) is 10.4. The van der Waals surface area contributed by atoms with E-state index >= 15 is 0 Å². The van der Waals surface area contributed by atoms with Crippen LogP contribution in [-0.2, 0) is 4.79 Å². The summed E-state index contributed by atoms with van der Waals surface area (Å²) in [7, 11) is 1.58.